The average Bonchev–Trinajstić information content (AvgIpc) is 2.27. The second-order valence-corrected chi connectivity index (χ2v) is 7.14. The highest BCUT2D eigenvalue weighted by atomic mass is 16.5. The Bertz CT molecular complexity index is 453. The summed E-state index contributed by atoms with van der Waals surface area (Å²) < 4.78 is 5.19. The van der Waals surface area contributed by atoms with Gasteiger partial charge in [0.05, 0.1) is 12.5 Å². The maximum absolute atomic E-state index is 12.2. The molecule has 0 aliphatic heterocycles. The lowest BCUT2D eigenvalue weighted by Gasteiger charge is -2.29. The van der Waals surface area contributed by atoms with Crippen molar-refractivity contribution in [1.29, 1.82) is 0 Å². The minimum Gasteiger partial charge on any atom is -0.466 e. The van der Waals surface area contributed by atoms with Crippen LogP contribution in [0.3, 0.4) is 0 Å². The zero-order valence-corrected chi connectivity index (χ0v) is 13.7. The molecule has 1 aromatic heterocycles. The average molecular weight is 278 g/mol. The lowest BCUT2D eigenvalue weighted by Crippen LogP contribution is -2.29. The minimum atomic E-state index is -0.350. The van der Waals surface area contributed by atoms with Crippen molar-refractivity contribution in [3.8, 4) is 0 Å². The van der Waals surface area contributed by atoms with Crippen molar-refractivity contribution in [2.45, 2.75) is 59.8 Å². The summed E-state index contributed by atoms with van der Waals surface area (Å²) in [6, 6.07) is 0. The van der Waals surface area contributed by atoms with Crippen molar-refractivity contribution in [2.24, 2.45) is 5.41 Å². The summed E-state index contributed by atoms with van der Waals surface area (Å²) in [5.41, 5.74) is 0.474. The van der Waals surface area contributed by atoms with Crippen molar-refractivity contribution in [3.63, 3.8) is 0 Å². The fourth-order valence-electron chi connectivity index (χ4n) is 2.09. The van der Waals surface area contributed by atoms with Gasteiger partial charge in [-0.1, -0.05) is 41.5 Å². The van der Waals surface area contributed by atoms with E-state index in [9.17, 15) is 4.79 Å². The maximum Gasteiger partial charge on any atom is 0.314 e. The van der Waals surface area contributed by atoms with E-state index in [1.807, 2.05) is 27.7 Å². The van der Waals surface area contributed by atoms with E-state index in [2.05, 4.69) is 30.7 Å². The Morgan fingerprint density at radius 3 is 2.00 bits per heavy atom. The first-order valence-corrected chi connectivity index (χ1v) is 7.06. The Morgan fingerprint density at radius 2 is 1.65 bits per heavy atom. The normalized spacial score (nSPS) is 13.9. The molecule has 0 spiro atoms. The van der Waals surface area contributed by atoms with Crippen LogP contribution in [0.1, 0.15) is 65.8 Å². The van der Waals surface area contributed by atoms with Crippen LogP contribution in [0.4, 0.5) is 0 Å². The van der Waals surface area contributed by atoms with Crippen LogP contribution in [0.5, 0.6) is 0 Å². The lowest BCUT2D eigenvalue weighted by molar-refractivity contribution is -0.147. The first kappa shape index (κ1) is 16.6. The molecule has 112 valence electrons. The summed E-state index contributed by atoms with van der Waals surface area (Å²) in [7, 11) is 0. The van der Waals surface area contributed by atoms with Gasteiger partial charge in [-0.05, 0) is 12.3 Å². The third-order valence-corrected chi connectivity index (χ3v) is 3.06. The summed E-state index contributed by atoms with van der Waals surface area (Å²) in [6.07, 6.45) is 3.50. The van der Waals surface area contributed by atoms with Gasteiger partial charge in [0.1, 0.15) is 5.82 Å². The molecule has 1 atom stereocenters. The number of aromatic nitrogens is 2. The van der Waals surface area contributed by atoms with E-state index < -0.39 is 0 Å². The summed E-state index contributed by atoms with van der Waals surface area (Å²) in [4.78, 5) is 21.0. The predicted octanol–water partition coefficient (Wildman–Crippen LogP) is 3.47. The van der Waals surface area contributed by atoms with Crippen LogP contribution in [0.15, 0.2) is 12.4 Å². The number of carbonyl (C=O) groups is 1. The van der Waals surface area contributed by atoms with Gasteiger partial charge in [-0.3, -0.25) is 4.79 Å². The number of hydrogen-bond donors (Lipinski definition) is 0. The van der Waals surface area contributed by atoms with E-state index in [0.717, 1.165) is 11.4 Å². The van der Waals surface area contributed by atoms with Crippen LogP contribution in [-0.4, -0.2) is 22.5 Å². The van der Waals surface area contributed by atoms with Crippen LogP contribution >= 0.6 is 0 Å². The topological polar surface area (TPSA) is 52.1 Å². The van der Waals surface area contributed by atoms with E-state index in [4.69, 9.17) is 4.74 Å². The van der Waals surface area contributed by atoms with Crippen LogP contribution in [0.2, 0.25) is 0 Å². The predicted molar refractivity (Wildman–Crippen MR) is 79.6 cm³/mol. The molecule has 0 aliphatic carbocycles. The molecule has 4 heteroatoms. The lowest BCUT2D eigenvalue weighted by atomic mass is 9.77. The second-order valence-electron chi connectivity index (χ2n) is 7.14. The van der Waals surface area contributed by atoms with Crippen molar-refractivity contribution >= 4 is 5.97 Å². The van der Waals surface area contributed by atoms with Crippen molar-refractivity contribution < 1.29 is 9.53 Å². The highest BCUT2D eigenvalue weighted by Gasteiger charge is 2.34. The van der Waals surface area contributed by atoms with Gasteiger partial charge in [0.25, 0.3) is 0 Å². The Morgan fingerprint density at radius 1 is 1.15 bits per heavy atom. The van der Waals surface area contributed by atoms with Gasteiger partial charge >= 0.3 is 5.97 Å². The molecule has 1 aromatic rings. The maximum atomic E-state index is 12.2. The molecule has 1 heterocycles. The van der Waals surface area contributed by atoms with E-state index in [1.54, 1.807) is 12.4 Å². The summed E-state index contributed by atoms with van der Waals surface area (Å²) in [5.74, 6) is 0.210. The monoisotopic (exact) mass is 278 g/mol. The van der Waals surface area contributed by atoms with Crippen LogP contribution < -0.4 is 0 Å². The summed E-state index contributed by atoms with van der Waals surface area (Å²) >= 11 is 0. The molecule has 0 saturated heterocycles. The number of hydrogen-bond acceptors (Lipinski definition) is 4. The third-order valence-electron chi connectivity index (χ3n) is 3.06. The van der Waals surface area contributed by atoms with Crippen molar-refractivity contribution in [3.05, 3.63) is 23.8 Å². The molecule has 0 aromatic carbocycles. The number of carbonyl (C=O) groups excluding carboxylic acids is 1. The molecule has 1 unspecified atom stereocenters. The molecule has 1 rings (SSSR count). The molecule has 0 saturated carbocycles. The highest BCUT2D eigenvalue weighted by molar-refractivity contribution is 5.78. The zero-order chi connectivity index (χ0) is 15.6. The quantitative estimate of drug-likeness (QED) is 0.794. The van der Waals surface area contributed by atoms with Crippen LogP contribution in [0.25, 0.3) is 0 Å². The molecular weight excluding hydrogens is 252 g/mol. The Labute approximate surface area is 122 Å². The van der Waals surface area contributed by atoms with E-state index in [-0.39, 0.29) is 22.7 Å². The zero-order valence-electron chi connectivity index (χ0n) is 13.7. The number of esters is 1. The van der Waals surface area contributed by atoms with E-state index >= 15 is 0 Å². The molecule has 20 heavy (non-hydrogen) atoms. The highest BCUT2D eigenvalue weighted by Crippen LogP contribution is 2.35. The SMILES string of the molecule is CCOC(=O)C(c1cnc(C(C)(C)C)nc1)C(C)(C)C. The Hall–Kier alpha value is -1.45. The molecule has 0 bridgehead atoms. The van der Waals surface area contributed by atoms with Gasteiger partial charge in [0.2, 0.25) is 0 Å². The Kier molecular flexibility index (Phi) is 4.90. The molecule has 0 N–H and O–H groups in total. The van der Waals surface area contributed by atoms with Gasteiger partial charge in [-0.2, -0.15) is 0 Å². The minimum absolute atomic E-state index is 0.0975. The Balaban J connectivity index is 3.13. The molecule has 0 radical (unpaired) electrons. The number of ether oxygens (including phenoxy) is 1. The van der Waals surface area contributed by atoms with E-state index in [1.165, 1.54) is 0 Å². The van der Waals surface area contributed by atoms with Gasteiger partial charge in [0.15, 0.2) is 0 Å². The van der Waals surface area contributed by atoms with Gasteiger partial charge in [-0.25, -0.2) is 9.97 Å². The first-order valence-electron chi connectivity index (χ1n) is 7.06. The number of rotatable bonds is 3. The fourth-order valence-corrected chi connectivity index (χ4v) is 2.09. The molecule has 0 aliphatic rings. The smallest absolute Gasteiger partial charge is 0.314 e. The second kappa shape index (κ2) is 5.90. The molecular formula is C16H26N2O2. The summed E-state index contributed by atoms with van der Waals surface area (Å²) in [6.45, 7) is 14.5. The summed E-state index contributed by atoms with van der Waals surface area (Å²) in [5, 5.41) is 0. The first-order chi connectivity index (χ1) is 9.07. The number of nitrogens with zero attached hydrogens (tertiary/aromatic N) is 2. The van der Waals surface area contributed by atoms with Gasteiger partial charge in [0, 0.05) is 23.4 Å². The van der Waals surface area contributed by atoms with Crippen LogP contribution in [0, 0.1) is 5.41 Å². The van der Waals surface area contributed by atoms with Crippen LogP contribution in [-0.2, 0) is 14.9 Å². The molecule has 0 fully saturated rings. The third kappa shape index (κ3) is 4.02. The molecule has 0 amide bonds. The molecule has 4 nitrogen and oxygen atoms in total. The largest absolute Gasteiger partial charge is 0.466 e. The van der Waals surface area contributed by atoms with Crippen molar-refractivity contribution in [1.82, 2.24) is 9.97 Å². The van der Waals surface area contributed by atoms with Gasteiger partial charge < -0.3 is 4.74 Å². The van der Waals surface area contributed by atoms with Crippen molar-refractivity contribution in [2.75, 3.05) is 6.61 Å². The van der Waals surface area contributed by atoms with Gasteiger partial charge in [-0.15, -0.1) is 0 Å². The fraction of sp³-hybridized carbons (Fsp3) is 0.688. The van der Waals surface area contributed by atoms with E-state index in [0.29, 0.717) is 6.61 Å². The standard InChI is InChI=1S/C16H26N2O2/c1-8-20-13(19)12(15(2,3)4)11-9-17-14(18-10-11)16(5,6)7/h9-10,12H,8H2,1-7H3.